The van der Waals surface area contributed by atoms with E-state index in [2.05, 4.69) is 40.2 Å². The first-order valence-electron chi connectivity index (χ1n) is 9.85. The number of esters is 1. The summed E-state index contributed by atoms with van der Waals surface area (Å²) in [5, 5.41) is 6.47. The van der Waals surface area contributed by atoms with E-state index in [1.807, 2.05) is 0 Å². The van der Waals surface area contributed by atoms with Crippen molar-refractivity contribution in [3.63, 3.8) is 0 Å². The van der Waals surface area contributed by atoms with E-state index in [0.29, 0.717) is 5.92 Å². The molecule has 0 aromatic rings. The first-order chi connectivity index (χ1) is 12.5. The smallest absolute Gasteiger partial charge is 0.310 e. The SMILES string of the molecule is COC(=O)C1CCC(C)C(C)C1NC(=O)C1CCC(N2CCNC2)NN1. The number of nitrogens with zero attached hydrogens (tertiary/aromatic N) is 1. The van der Waals surface area contributed by atoms with Crippen LogP contribution in [0.25, 0.3) is 0 Å². The van der Waals surface area contributed by atoms with Crippen LogP contribution < -0.4 is 21.5 Å². The van der Waals surface area contributed by atoms with Gasteiger partial charge in [-0.05, 0) is 37.5 Å². The number of ether oxygens (including phenoxy) is 1. The molecule has 3 rings (SSSR count). The second-order valence-electron chi connectivity index (χ2n) is 7.98. The van der Waals surface area contributed by atoms with Crippen molar-refractivity contribution in [2.75, 3.05) is 26.9 Å². The van der Waals surface area contributed by atoms with Gasteiger partial charge in [0, 0.05) is 25.8 Å². The number of nitrogens with one attached hydrogen (secondary N) is 4. The van der Waals surface area contributed by atoms with Gasteiger partial charge in [0.15, 0.2) is 0 Å². The average molecular weight is 367 g/mol. The quantitative estimate of drug-likeness (QED) is 0.510. The van der Waals surface area contributed by atoms with Crippen LogP contribution in [0, 0.1) is 17.8 Å². The highest BCUT2D eigenvalue weighted by Crippen LogP contribution is 2.34. The van der Waals surface area contributed by atoms with Crippen LogP contribution in [-0.4, -0.2) is 61.9 Å². The topological polar surface area (TPSA) is 94.7 Å². The molecule has 0 aromatic carbocycles. The van der Waals surface area contributed by atoms with Gasteiger partial charge in [0.05, 0.1) is 19.2 Å². The van der Waals surface area contributed by atoms with Crippen molar-refractivity contribution in [2.45, 2.75) is 57.8 Å². The highest BCUT2D eigenvalue weighted by Gasteiger charge is 2.41. The number of amides is 1. The van der Waals surface area contributed by atoms with E-state index in [0.717, 1.165) is 45.4 Å². The van der Waals surface area contributed by atoms with Crippen molar-refractivity contribution in [1.29, 1.82) is 0 Å². The lowest BCUT2D eigenvalue weighted by Crippen LogP contribution is -2.63. The maximum Gasteiger partial charge on any atom is 0.310 e. The van der Waals surface area contributed by atoms with Crippen LogP contribution in [0.5, 0.6) is 0 Å². The Kier molecular flexibility index (Phi) is 6.50. The molecule has 1 amide bonds. The number of hydrogen-bond acceptors (Lipinski definition) is 7. The van der Waals surface area contributed by atoms with Crippen molar-refractivity contribution >= 4 is 11.9 Å². The number of carbonyl (C=O) groups is 2. The van der Waals surface area contributed by atoms with Gasteiger partial charge in [0.25, 0.3) is 0 Å². The van der Waals surface area contributed by atoms with Crippen molar-refractivity contribution in [3.05, 3.63) is 0 Å². The van der Waals surface area contributed by atoms with Gasteiger partial charge < -0.3 is 15.4 Å². The lowest BCUT2D eigenvalue weighted by atomic mass is 9.72. The maximum absolute atomic E-state index is 12.8. The fourth-order valence-electron chi connectivity index (χ4n) is 4.44. The fourth-order valence-corrected chi connectivity index (χ4v) is 4.44. The minimum atomic E-state index is -0.274. The van der Waals surface area contributed by atoms with Gasteiger partial charge in [-0.3, -0.25) is 14.5 Å². The molecule has 3 fully saturated rings. The predicted molar refractivity (Wildman–Crippen MR) is 97.7 cm³/mol. The predicted octanol–water partition coefficient (Wildman–Crippen LogP) is -0.228. The molecule has 0 spiro atoms. The summed E-state index contributed by atoms with van der Waals surface area (Å²) >= 11 is 0. The summed E-state index contributed by atoms with van der Waals surface area (Å²) in [6.45, 7) is 7.22. The summed E-state index contributed by atoms with van der Waals surface area (Å²) in [6.07, 6.45) is 3.71. The van der Waals surface area contributed by atoms with E-state index in [4.69, 9.17) is 4.74 Å². The summed E-state index contributed by atoms with van der Waals surface area (Å²) in [6, 6.07) is -0.439. The van der Waals surface area contributed by atoms with Crippen molar-refractivity contribution in [3.8, 4) is 0 Å². The lowest BCUT2D eigenvalue weighted by Gasteiger charge is -2.41. The molecular formula is C18H33N5O3. The molecule has 2 aliphatic heterocycles. The molecule has 1 saturated carbocycles. The van der Waals surface area contributed by atoms with Crippen LogP contribution in [0.4, 0.5) is 0 Å². The third-order valence-electron chi connectivity index (χ3n) is 6.44. The van der Waals surface area contributed by atoms with Gasteiger partial charge in [0.1, 0.15) is 6.04 Å². The van der Waals surface area contributed by atoms with Crippen LogP contribution >= 0.6 is 0 Å². The molecule has 0 aromatic heterocycles. The zero-order valence-corrected chi connectivity index (χ0v) is 16.1. The number of methoxy groups -OCH3 is 1. The number of carbonyl (C=O) groups excluding carboxylic acids is 2. The molecular weight excluding hydrogens is 334 g/mol. The Morgan fingerprint density at radius 1 is 1.12 bits per heavy atom. The van der Waals surface area contributed by atoms with Crippen LogP contribution in [0.1, 0.15) is 39.5 Å². The van der Waals surface area contributed by atoms with Crippen molar-refractivity contribution in [1.82, 2.24) is 26.4 Å². The second kappa shape index (κ2) is 8.65. The molecule has 6 unspecified atom stereocenters. The average Bonchev–Trinajstić information content (AvgIpc) is 3.20. The number of hydrogen-bond donors (Lipinski definition) is 4. The Bertz CT molecular complexity index is 503. The minimum Gasteiger partial charge on any atom is -0.469 e. The van der Waals surface area contributed by atoms with E-state index in [-0.39, 0.29) is 42.0 Å². The zero-order valence-electron chi connectivity index (χ0n) is 16.1. The highest BCUT2D eigenvalue weighted by molar-refractivity contribution is 5.83. The molecule has 8 heteroatoms. The second-order valence-corrected chi connectivity index (χ2v) is 7.98. The third kappa shape index (κ3) is 4.19. The van der Waals surface area contributed by atoms with Gasteiger partial charge in [-0.2, -0.15) is 0 Å². The van der Waals surface area contributed by atoms with Crippen molar-refractivity contribution in [2.24, 2.45) is 17.8 Å². The van der Waals surface area contributed by atoms with E-state index < -0.39 is 0 Å². The van der Waals surface area contributed by atoms with Gasteiger partial charge in [-0.1, -0.05) is 13.8 Å². The first kappa shape index (κ1) is 19.5. The van der Waals surface area contributed by atoms with Crippen LogP contribution in [0.3, 0.4) is 0 Å². The normalized spacial score (nSPS) is 38.7. The number of rotatable bonds is 4. The van der Waals surface area contributed by atoms with Crippen LogP contribution in [-0.2, 0) is 14.3 Å². The van der Waals surface area contributed by atoms with Gasteiger partial charge in [0.2, 0.25) is 5.91 Å². The molecule has 148 valence electrons. The van der Waals surface area contributed by atoms with Gasteiger partial charge in [-0.15, -0.1) is 0 Å². The maximum atomic E-state index is 12.8. The molecule has 26 heavy (non-hydrogen) atoms. The van der Waals surface area contributed by atoms with Gasteiger partial charge >= 0.3 is 5.97 Å². The standard InChI is InChI=1S/C18H33N5O3/c1-11-4-5-13(18(25)26-3)16(12(11)2)20-17(24)14-6-7-15(22-21-14)23-9-8-19-10-23/h11-16,19,21-22H,4-10H2,1-3H3,(H,20,24). The molecule has 1 aliphatic carbocycles. The molecule has 0 radical (unpaired) electrons. The summed E-state index contributed by atoms with van der Waals surface area (Å²) in [4.78, 5) is 27.3. The molecule has 8 nitrogen and oxygen atoms in total. The Morgan fingerprint density at radius 2 is 1.92 bits per heavy atom. The lowest BCUT2D eigenvalue weighted by molar-refractivity contribution is -0.149. The summed E-state index contributed by atoms with van der Waals surface area (Å²) in [5.74, 6) is 0.221. The first-order valence-corrected chi connectivity index (χ1v) is 9.85. The summed E-state index contributed by atoms with van der Waals surface area (Å²) in [7, 11) is 1.42. The Hall–Kier alpha value is -1.22. The summed E-state index contributed by atoms with van der Waals surface area (Å²) in [5.41, 5.74) is 6.45. The van der Waals surface area contributed by atoms with Crippen LogP contribution in [0.2, 0.25) is 0 Å². The highest BCUT2D eigenvalue weighted by atomic mass is 16.5. The Labute approximate surface area is 155 Å². The zero-order chi connectivity index (χ0) is 18.7. The van der Waals surface area contributed by atoms with Crippen LogP contribution in [0.15, 0.2) is 0 Å². The van der Waals surface area contributed by atoms with Crippen molar-refractivity contribution < 1.29 is 14.3 Å². The van der Waals surface area contributed by atoms with E-state index in [9.17, 15) is 9.59 Å². The molecule has 2 heterocycles. The Balaban J connectivity index is 1.56. The molecule has 0 bridgehead atoms. The monoisotopic (exact) mass is 367 g/mol. The molecule has 3 aliphatic rings. The molecule has 6 atom stereocenters. The molecule has 4 N–H and O–H groups in total. The van der Waals surface area contributed by atoms with E-state index >= 15 is 0 Å². The van der Waals surface area contributed by atoms with E-state index in [1.165, 1.54) is 7.11 Å². The summed E-state index contributed by atoms with van der Waals surface area (Å²) < 4.78 is 4.97. The fraction of sp³-hybridized carbons (Fsp3) is 0.889. The third-order valence-corrected chi connectivity index (χ3v) is 6.44. The number of hydrazine groups is 1. The largest absolute Gasteiger partial charge is 0.469 e. The Morgan fingerprint density at radius 3 is 2.54 bits per heavy atom. The van der Waals surface area contributed by atoms with Gasteiger partial charge in [-0.25, -0.2) is 10.9 Å². The van der Waals surface area contributed by atoms with E-state index in [1.54, 1.807) is 0 Å². The molecule has 2 saturated heterocycles. The minimum absolute atomic E-state index is 0.0321.